The van der Waals surface area contributed by atoms with Gasteiger partial charge in [-0.2, -0.15) is 17.6 Å². The molecular weight excluding hydrogens is 652 g/mol. The normalized spacial score (nSPS) is 14.0. The maximum atomic E-state index is 14.1. The summed E-state index contributed by atoms with van der Waals surface area (Å²) in [5.74, 6) is -3.37. The first kappa shape index (κ1) is 35.6. The van der Waals surface area contributed by atoms with Gasteiger partial charge < -0.3 is 39.9 Å². The highest BCUT2D eigenvalue weighted by atomic mass is 31.2. The van der Waals surface area contributed by atoms with Crippen LogP contribution in [0.5, 0.6) is 0 Å². The number of nitrogens with zero attached hydrogens (tertiary/aromatic N) is 1. The van der Waals surface area contributed by atoms with Crippen LogP contribution in [0.15, 0.2) is 66.9 Å². The number of carbonyl (C=O) groups excluding carboxylic acids is 2. The standard InChI is InChI=1S/C26H27F4N3O10P2/c1-33-12-2-3-21(33)23(35)31-19(13-15-4-8-17(9-5-15)25(27,28)44(38,39)40)22(34)32-20(24(36)37)14-16-6-10-18(11-7-16)26(29,30)45(41,42)43/h2-12,19-20H,13-14H2,1H3,(H,31,35)(H,32,34)(H,36,37)(H2,38,39,40)(H2,41,42,43). The molecule has 19 heteroatoms. The fraction of sp³-hybridized carbons (Fsp3) is 0.269. The van der Waals surface area contributed by atoms with Gasteiger partial charge in [-0.15, -0.1) is 0 Å². The molecular formula is C26H27F4N3O10P2. The number of hydrogen-bond acceptors (Lipinski definition) is 5. The Kier molecular flexibility index (Phi) is 10.5. The van der Waals surface area contributed by atoms with E-state index >= 15 is 0 Å². The second-order valence-electron chi connectivity index (χ2n) is 9.90. The van der Waals surface area contributed by atoms with Gasteiger partial charge in [0.15, 0.2) is 0 Å². The predicted octanol–water partition coefficient (Wildman–Crippen LogP) is 2.63. The van der Waals surface area contributed by atoms with Crippen molar-refractivity contribution in [1.29, 1.82) is 0 Å². The van der Waals surface area contributed by atoms with E-state index in [1.165, 1.54) is 29.9 Å². The summed E-state index contributed by atoms with van der Waals surface area (Å²) in [7, 11) is -10.2. The van der Waals surface area contributed by atoms with Crippen LogP contribution in [0.1, 0.15) is 32.7 Å². The van der Waals surface area contributed by atoms with Crippen LogP contribution in [0.2, 0.25) is 0 Å². The molecule has 2 atom stereocenters. The van der Waals surface area contributed by atoms with Crippen molar-refractivity contribution in [2.24, 2.45) is 7.05 Å². The molecule has 0 aliphatic carbocycles. The minimum absolute atomic E-state index is 0.0823. The zero-order chi connectivity index (χ0) is 34.0. The zero-order valence-electron chi connectivity index (χ0n) is 23.1. The van der Waals surface area contributed by atoms with Gasteiger partial charge in [-0.3, -0.25) is 18.7 Å². The topological polar surface area (TPSA) is 215 Å². The van der Waals surface area contributed by atoms with Crippen molar-refractivity contribution in [1.82, 2.24) is 15.2 Å². The summed E-state index contributed by atoms with van der Waals surface area (Å²) in [6.07, 6.45) is 0.668. The number of rotatable bonds is 13. The van der Waals surface area contributed by atoms with Crippen LogP contribution in [0, 0.1) is 0 Å². The Morgan fingerprint density at radius 3 is 1.53 bits per heavy atom. The molecule has 2 unspecified atom stereocenters. The maximum Gasteiger partial charge on any atom is 0.399 e. The van der Waals surface area contributed by atoms with E-state index in [0.717, 1.165) is 36.4 Å². The fourth-order valence-corrected chi connectivity index (χ4v) is 5.07. The van der Waals surface area contributed by atoms with Crippen molar-refractivity contribution in [2.75, 3.05) is 0 Å². The molecule has 0 saturated carbocycles. The third-order valence-corrected chi connectivity index (χ3v) is 8.61. The summed E-state index contributed by atoms with van der Waals surface area (Å²) in [5, 5.41) is 14.4. The van der Waals surface area contributed by atoms with Gasteiger partial charge in [-0.1, -0.05) is 48.5 Å². The molecule has 2 aromatic carbocycles. The Labute approximate surface area is 252 Å². The molecule has 0 radical (unpaired) electrons. The Balaban J connectivity index is 1.85. The van der Waals surface area contributed by atoms with E-state index in [9.17, 15) is 46.2 Å². The molecule has 0 fully saturated rings. The number of benzene rings is 2. The van der Waals surface area contributed by atoms with Crippen molar-refractivity contribution in [2.45, 2.75) is 36.3 Å². The molecule has 244 valence electrons. The monoisotopic (exact) mass is 679 g/mol. The van der Waals surface area contributed by atoms with Crippen molar-refractivity contribution < 1.29 is 65.8 Å². The molecule has 45 heavy (non-hydrogen) atoms. The third-order valence-electron chi connectivity index (χ3n) is 6.63. The van der Waals surface area contributed by atoms with E-state index in [-0.39, 0.29) is 23.2 Å². The van der Waals surface area contributed by atoms with Gasteiger partial charge in [-0.05, 0) is 23.3 Å². The second kappa shape index (κ2) is 13.3. The van der Waals surface area contributed by atoms with Crippen molar-refractivity contribution in [3.63, 3.8) is 0 Å². The lowest BCUT2D eigenvalue weighted by atomic mass is 10.0. The average molecular weight is 679 g/mol. The number of hydrogen-bond donors (Lipinski definition) is 7. The van der Waals surface area contributed by atoms with Gasteiger partial charge in [0.25, 0.3) is 5.91 Å². The fourth-order valence-electron chi connectivity index (χ4n) is 4.10. The number of aryl methyl sites for hydroxylation is 1. The van der Waals surface area contributed by atoms with E-state index < -0.39 is 73.9 Å². The van der Waals surface area contributed by atoms with Crippen LogP contribution in [0.4, 0.5) is 17.6 Å². The molecule has 7 N–H and O–H groups in total. The Hall–Kier alpha value is -3.85. The van der Waals surface area contributed by atoms with E-state index in [1.807, 2.05) is 0 Å². The number of aliphatic carboxylic acids is 1. The summed E-state index contributed by atoms with van der Waals surface area (Å²) in [5.41, 5.74) is -10.7. The number of carbonyl (C=O) groups is 3. The highest BCUT2D eigenvalue weighted by Gasteiger charge is 2.51. The van der Waals surface area contributed by atoms with Gasteiger partial charge >= 0.3 is 32.5 Å². The quantitative estimate of drug-likeness (QED) is 0.104. The molecule has 0 bridgehead atoms. The number of carboxylic acid groups (broad SMARTS) is 1. The SMILES string of the molecule is Cn1cccc1C(=O)NC(Cc1ccc(C(F)(F)P(=O)(O)O)cc1)C(=O)NC(Cc1ccc(C(F)(F)P(=O)(O)O)cc1)C(=O)O. The molecule has 2 amide bonds. The van der Waals surface area contributed by atoms with Crippen LogP contribution < -0.4 is 10.6 Å². The molecule has 1 heterocycles. The first-order valence-electron chi connectivity index (χ1n) is 12.7. The molecule has 1 aromatic heterocycles. The molecule has 0 spiro atoms. The van der Waals surface area contributed by atoms with Gasteiger partial charge in [0.1, 0.15) is 17.8 Å². The highest BCUT2D eigenvalue weighted by Crippen LogP contribution is 2.60. The van der Waals surface area contributed by atoms with Crippen LogP contribution in [0.25, 0.3) is 0 Å². The summed E-state index contributed by atoms with van der Waals surface area (Å²) in [6.45, 7) is 0. The summed E-state index contributed by atoms with van der Waals surface area (Å²) >= 11 is 0. The van der Waals surface area contributed by atoms with E-state index in [1.54, 1.807) is 0 Å². The van der Waals surface area contributed by atoms with E-state index in [2.05, 4.69) is 10.6 Å². The minimum atomic E-state index is -5.86. The number of aromatic nitrogens is 1. The van der Waals surface area contributed by atoms with Gasteiger partial charge in [0, 0.05) is 37.2 Å². The molecule has 0 saturated heterocycles. The maximum absolute atomic E-state index is 14.1. The van der Waals surface area contributed by atoms with E-state index in [0.29, 0.717) is 12.1 Å². The molecule has 13 nitrogen and oxygen atoms in total. The number of amides is 2. The number of alkyl halides is 4. The number of halogens is 4. The molecule has 3 rings (SSSR count). The minimum Gasteiger partial charge on any atom is -0.480 e. The zero-order valence-corrected chi connectivity index (χ0v) is 24.8. The lowest BCUT2D eigenvalue weighted by Gasteiger charge is -2.23. The first-order valence-corrected chi connectivity index (χ1v) is 15.9. The van der Waals surface area contributed by atoms with Gasteiger partial charge in [0.05, 0.1) is 0 Å². The number of carboxylic acids is 1. The van der Waals surface area contributed by atoms with Gasteiger partial charge in [0.2, 0.25) is 5.91 Å². The Bertz CT molecular complexity index is 1650. The lowest BCUT2D eigenvalue weighted by Crippen LogP contribution is -2.53. The first-order chi connectivity index (χ1) is 20.6. The molecule has 0 aliphatic rings. The van der Waals surface area contributed by atoms with Crippen LogP contribution in [0.3, 0.4) is 0 Å². The largest absolute Gasteiger partial charge is 0.480 e. The van der Waals surface area contributed by atoms with Crippen molar-refractivity contribution >= 4 is 33.0 Å². The van der Waals surface area contributed by atoms with Crippen molar-refractivity contribution in [3.05, 3.63) is 94.8 Å². The summed E-state index contributed by atoms with van der Waals surface area (Å²) < 4.78 is 79.8. The van der Waals surface area contributed by atoms with Crippen LogP contribution >= 0.6 is 15.2 Å². The van der Waals surface area contributed by atoms with Crippen LogP contribution in [-0.2, 0) is 49.9 Å². The average Bonchev–Trinajstić information content (AvgIpc) is 3.37. The van der Waals surface area contributed by atoms with Gasteiger partial charge in [-0.25, -0.2) is 4.79 Å². The third kappa shape index (κ3) is 8.25. The second-order valence-corrected chi connectivity index (χ2v) is 13.2. The highest BCUT2D eigenvalue weighted by molar-refractivity contribution is 7.52. The van der Waals surface area contributed by atoms with Crippen LogP contribution in [-0.4, -0.2) is 59.1 Å². The predicted molar refractivity (Wildman–Crippen MR) is 148 cm³/mol. The summed E-state index contributed by atoms with van der Waals surface area (Å²) in [6, 6.07) is 6.65. The Morgan fingerprint density at radius 2 is 1.18 bits per heavy atom. The molecule has 0 aliphatic heterocycles. The smallest absolute Gasteiger partial charge is 0.399 e. The number of nitrogens with one attached hydrogen (secondary N) is 2. The summed E-state index contributed by atoms with van der Waals surface area (Å²) in [4.78, 5) is 73.9. The van der Waals surface area contributed by atoms with E-state index in [4.69, 9.17) is 19.6 Å². The Morgan fingerprint density at radius 1 is 0.756 bits per heavy atom. The lowest BCUT2D eigenvalue weighted by molar-refractivity contribution is -0.142. The molecule has 3 aromatic rings. The van der Waals surface area contributed by atoms with Crippen molar-refractivity contribution in [3.8, 4) is 0 Å².